The van der Waals surface area contributed by atoms with Crippen molar-refractivity contribution < 1.29 is 9.53 Å². The fourth-order valence-electron chi connectivity index (χ4n) is 2.31. The molecule has 2 rings (SSSR count). The topological polar surface area (TPSA) is 29.5 Å². The summed E-state index contributed by atoms with van der Waals surface area (Å²) in [5.41, 5.74) is 1.16. The minimum atomic E-state index is -0.239. The van der Waals surface area contributed by atoms with Crippen LogP contribution >= 0.6 is 15.9 Å². The summed E-state index contributed by atoms with van der Waals surface area (Å²) in [6.45, 7) is 2.09. The largest absolute Gasteiger partial charge is 0.368 e. The van der Waals surface area contributed by atoms with Gasteiger partial charge in [0, 0.05) is 25.0 Å². The second-order valence-corrected chi connectivity index (χ2v) is 5.58. The number of halogens is 1. The predicted molar refractivity (Wildman–Crippen MR) is 79.2 cm³/mol. The summed E-state index contributed by atoms with van der Waals surface area (Å²) >= 11 is 3.42. The van der Waals surface area contributed by atoms with E-state index in [-0.39, 0.29) is 12.0 Å². The molecule has 1 atom stereocenters. The van der Waals surface area contributed by atoms with E-state index < -0.39 is 0 Å². The van der Waals surface area contributed by atoms with Crippen molar-refractivity contribution in [2.24, 2.45) is 0 Å². The third-order valence-corrected chi connectivity index (χ3v) is 3.69. The lowest BCUT2D eigenvalue weighted by molar-refractivity contribution is -0.146. The van der Waals surface area contributed by atoms with Crippen molar-refractivity contribution >= 4 is 21.8 Å². The number of carbonyl (C=O) groups is 1. The maximum atomic E-state index is 12.5. The van der Waals surface area contributed by atoms with E-state index in [1.807, 2.05) is 23.1 Å². The Hall–Kier alpha value is -0.870. The van der Waals surface area contributed by atoms with Crippen LogP contribution in [0.3, 0.4) is 0 Å². The van der Waals surface area contributed by atoms with Crippen LogP contribution in [-0.2, 0) is 16.1 Å². The first-order valence-corrected chi connectivity index (χ1v) is 7.93. The van der Waals surface area contributed by atoms with Crippen LogP contribution < -0.4 is 0 Å². The first-order chi connectivity index (χ1) is 9.31. The molecule has 104 valence electrons. The summed E-state index contributed by atoms with van der Waals surface area (Å²) in [6.07, 6.45) is 2.77. The van der Waals surface area contributed by atoms with Crippen molar-refractivity contribution in [1.82, 2.24) is 4.90 Å². The van der Waals surface area contributed by atoms with Gasteiger partial charge >= 0.3 is 0 Å². The fourth-order valence-corrected chi connectivity index (χ4v) is 2.74. The molecule has 1 saturated heterocycles. The molecule has 1 amide bonds. The van der Waals surface area contributed by atoms with Gasteiger partial charge in [-0.15, -0.1) is 0 Å². The molecule has 1 aromatic carbocycles. The van der Waals surface area contributed by atoms with Gasteiger partial charge in [-0.2, -0.15) is 0 Å². The lowest BCUT2D eigenvalue weighted by Crippen LogP contribution is -2.42. The molecule has 0 aromatic heterocycles. The molecule has 1 aliphatic rings. The highest BCUT2D eigenvalue weighted by molar-refractivity contribution is 9.09. The quantitative estimate of drug-likeness (QED) is 0.779. The Morgan fingerprint density at radius 3 is 2.74 bits per heavy atom. The first kappa shape index (κ1) is 14.5. The van der Waals surface area contributed by atoms with Crippen molar-refractivity contribution in [1.29, 1.82) is 0 Å². The van der Waals surface area contributed by atoms with E-state index in [4.69, 9.17) is 4.74 Å². The number of carbonyl (C=O) groups excluding carboxylic acids is 1. The molecule has 1 aliphatic heterocycles. The van der Waals surface area contributed by atoms with Gasteiger partial charge in [-0.1, -0.05) is 46.3 Å². The molecule has 3 nitrogen and oxygen atoms in total. The zero-order valence-electron chi connectivity index (χ0n) is 11.1. The number of amides is 1. The Morgan fingerprint density at radius 1 is 1.32 bits per heavy atom. The highest BCUT2D eigenvalue weighted by atomic mass is 79.9. The van der Waals surface area contributed by atoms with Gasteiger partial charge in [0.15, 0.2) is 0 Å². The van der Waals surface area contributed by atoms with E-state index in [1.54, 1.807) is 0 Å². The molecule has 1 fully saturated rings. The van der Waals surface area contributed by atoms with E-state index in [2.05, 4.69) is 28.1 Å². The van der Waals surface area contributed by atoms with E-state index in [1.165, 1.54) is 0 Å². The number of alkyl halides is 1. The molecule has 0 spiro atoms. The maximum absolute atomic E-state index is 12.5. The van der Waals surface area contributed by atoms with Gasteiger partial charge in [0.2, 0.25) is 0 Å². The van der Waals surface area contributed by atoms with Crippen LogP contribution in [-0.4, -0.2) is 35.4 Å². The second kappa shape index (κ2) is 7.65. The molecular formula is C15H20BrNO2. The molecule has 1 unspecified atom stereocenters. The zero-order chi connectivity index (χ0) is 13.5. The monoisotopic (exact) mass is 325 g/mol. The minimum Gasteiger partial charge on any atom is -0.368 e. The highest BCUT2D eigenvalue weighted by Gasteiger charge is 2.26. The van der Waals surface area contributed by atoms with Gasteiger partial charge in [-0.3, -0.25) is 4.79 Å². The fraction of sp³-hybridized carbons (Fsp3) is 0.533. The molecule has 0 N–H and O–H groups in total. The Labute approximate surface area is 123 Å². The molecule has 4 heteroatoms. The third kappa shape index (κ3) is 4.32. The van der Waals surface area contributed by atoms with Gasteiger partial charge in [0.1, 0.15) is 6.10 Å². The zero-order valence-corrected chi connectivity index (χ0v) is 12.6. The van der Waals surface area contributed by atoms with Gasteiger partial charge in [0.05, 0.1) is 0 Å². The Balaban J connectivity index is 2.00. The summed E-state index contributed by atoms with van der Waals surface area (Å²) in [5.74, 6) is 0.128. The predicted octanol–water partition coefficient (Wildman–Crippen LogP) is 2.98. The second-order valence-electron chi connectivity index (χ2n) is 4.79. The maximum Gasteiger partial charge on any atom is 0.252 e. The molecular weight excluding hydrogens is 306 g/mol. The lowest BCUT2D eigenvalue weighted by atomic mass is 10.1. The Morgan fingerprint density at radius 2 is 2.11 bits per heavy atom. The van der Waals surface area contributed by atoms with Crippen LogP contribution in [0.4, 0.5) is 0 Å². The molecule has 1 aromatic rings. The van der Waals surface area contributed by atoms with Crippen molar-refractivity contribution in [3.8, 4) is 0 Å². The third-order valence-electron chi connectivity index (χ3n) is 3.34. The standard InChI is InChI=1S/C15H20BrNO2/c16-9-10-17(12-13-6-2-1-3-7-13)15(18)14-8-4-5-11-19-14/h1-3,6-7,14H,4-5,8-12H2. The van der Waals surface area contributed by atoms with Crippen molar-refractivity contribution in [2.45, 2.75) is 31.9 Å². The molecule has 0 bridgehead atoms. The highest BCUT2D eigenvalue weighted by Crippen LogP contribution is 2.16. The van der Waals surface area contributed by atoms with Crippen molar-refractivity contribution in [2.75, 3.05) is 18.5 Å². The van der Waals surface area contributed by atoms with Gasteiger partial charge in [-0.05, 0) is 24.8 Å². The average molecular weight is 326 g/mol. The molecule has 19 heavy (non-hydrogen) atoms. The number of ether oxygens (including phenoxy) is 1. The minimum absolute atomic E-state index is 0.128. The average Bonchev–Trinajstić information content (AvgIpc) is 2.48. The van der Waals surface area contributed by atoms with Gasteiger partial charge in [0.25, 0.3) is 5.91 Å². The molecule has 0 aliphatic carbocycles. The van der Waals surface area contributed by atoms with Crippen molar-refractivity contribution in [3.05, 3.63) is 35.9 Å². The molecule has 1 heterocycles. The SMILES string of the molecule is O=C(C1CCCCO1)N(CCBr)Cc1ccccc1. The Kier molecular flexibility index (Phi) is 5.86. The molecule has 0 radical (unpaired) electrons. The number of hydrogen-bond acceptors (Lipinski definition) is 2. The first-order valence-electron chi connectivity index (χ1n) is 6.81. The normalized spacial score (nSPS) is 19.1. The van der Waals surface area contributed by atoms with Gasteiger partial charge in [-0.25, -0.2) is 0 Å². The number of benzene rings is 1. The van der Waals surface area contributed by atoms with Gasteiger partial charge < -0.3 is 9.64 Å². The van der Waals surface area contributed by atoms with Crippen LogP contribution in [0.15, 0.2) is 30.3 Å². The Bertz CT molecular complexity index is 390. The summed E-state index contributed by atoms with van der Waals surface area (Å²) in [7, 11) is 0. The van der Waals surface area contributed by atoms with Crippen LogP contribution in [0.5, 0.6) is 0 Å². The molecule has 0 saturated carbocycles. The number of nitrogens with zero attached hydrogens (tertiary/aromatic N) is 1. The lowest BCUT2D eigenvalue weighted by Gasteiger charge is -2.29. The van der Waals surface area contributed by atoms with E-state index in [0.29, 0.717) is 19.7 Å². The smallest absolute Gasteiger partial charge is 0.252 e. The van der Waals surface area contributed by atoms with Crippen LogP contribution in [0.25, 0.3) is 0 Å². The summed E-state index contributed by atoms with van der Waals surface area (Å²) < 4.78 is 5.60. The number of hydrogen-bond donors (Lipinski definition) is 0. The van der Waals surface area contributed by atoms with E-state index in [0.717, 1.165) is 30.2 Å². The number of rotatable bonds is 5. The van der Waals surface area contributed by atoms with Crippen LogP contribution in [0.2, 0.25) is 0 Å². The van der Waals surface area contributed by atoms with Crippen LogP contribution in [0, 0.1) is 0 Å². The summed E-state index contributed by atoms with van der Waals surface area (Å²) in [5, 5.41) is 0.790. The van der Waals surface area contributed by atoms with Crippen molar-refractivity contribution in [3.63, 3.8) is 0 Å². The summed E-state index contributed by atoms with van der Waals surface area (Å²) in [6, 6.07) is 10.1. The van der Waals surface area contributed by atoms with E-state index in [9.17, 15) is 4.79 Å². The van der Waals surface area contributed by atoms with E-state index >= 15 is 0 Å². The summed E-state index contributed by atoms with van der Waals surface area (Å²) in [4.78, 5) is 14.4. The van der Waals surface area contributed by atoms with Crippen LogP contribution in [0.1, 0.15) is 24.8 Å².